The van der Waals surface area contributed by atoms with Crippen LogP contribution < -0.4 is 20.1 Å². The maximum atomic E-state index is 9.83. The Morgan fingerprint density at radius 1 is 1.12 bits per heavy atom. The Morgan fingerprint density at radius 3 is 2.58 bits per heavy atom. The minimum atomic E-state index is -0.263. The van der Waals surface area contributed by atoms with Gasteiger partial charge in [0.05, 0.1) is 13.2 Å². The molecule has 1 aliphatic rings. The molecule has 0 radical (unpaired) electrons. The first kappa shape index (κ1) is 19.0. The van der Waals surface area contributed by atoms with Crippen LogP contribution in [0.25, 0.3) is 0 Å². The number of aliphatic hydroxyl groups is 1. The van der Waals surface area contributed by atoms with Crippen molar-refractivity contribution in [3.63, 3.8) is 0 Å². The lowest BCUT2D eigenvalue weighted by Crippen LogP contribution is -2.30. The van der Waals surface area contributed by atoms with Gasteiger partial charge in [0.15, 0.2) is 11.5 Å². The van der Waals surface area contributed by atoms with Crippen molar-refractivity contribution in [1.29, 1.82) is 0 Å². The van der Waals surface area contributed by atoms with E-state index < -0.39 is 0 Å². The zero-order valence-corrected chi connectivity index (χ0v) is 15.6. The summed E-state index contributed by atoms with van der Waals surface area (Å²) in [6.07, 6.45) is -0.263. The standard InChI is InChI=1S/C20H25ClN2O3/c1-25-20-8-15(9-22-10-16-11-23-12-18(16)24)4-7-19(20)26-13-14-2-5-17(21)6-3-14/h2-8,16,18,22-24H,9-13H2,1H3. The number of methoxy groups -OCH3 is 1. The number of nitrogens with one attached hydrogen (secondary N) is 2. The molecule has 1 saturated heterocycles. The van der Waals surface area contributed by atoms with Crippen LogP contribution in [-0.2, 0) is 13.2 Å². The Morgan fingerprint density at radius 2 is 1.88 bits per heavy atom. The molecule has 140 valence electrons. The summed E-state index contributed by atoms with van der Waals surface area (Å²) in [5.74, 6) is 1.68. The highest BCUT2D eigenvalue weighted by molar-refractivity contribution is 6.30. The Hall–Kier alpha value is -1.79. The zero-order valence-electron chi connectivity index (χ0n) is 14.9. The number of β-amino-alcohol motifs (C(OH)–C–C–N with tert-alkyl or cyclic N) is 1. The van der Waals surface area contributed by atoms with Gasteiger partial charge in [-0.3, -0.25) is 0 Å². The van der Waals surface area contributed by atoms with E-state index in [-0.39, 0.29) is 12.0 Å². The van der Waals surface area contributed by atoms with E-state index in [1.54, 1.807) is 7.11 Å². The number of aliphatic hydroxyl groups excluding tert-OH is 1. The molecule has 2 atom stereocenters. The number of hydrogen-bond donors (Lipinski definition) is 3. The molecule has 0 saturated carbocycles. The van der Waals surface area contributed by atoms with Crippen LogP contribution in [0.15, 0.2) is 42.5 Å². The molecule has 26 heavy (non-hydrogen) atoms. The molecule has 6 heteroatoms. The molecule has 2 aromatic carbocycles. The molecule has 1 aliphatic heterocycles. The fraction of sp³-hybridized carbons (Fsp3) is 0.400. The Kier molecular flexibility index (Phi) is 6.74. The second kappa shape index (κ2) is 9.24. The van der Waals surface area contributed by atoms with Gasteiger partial charge in [-0.2, -0.15) is 0 Å². The first-order valence-electron chi connectivity index (χ1n) is 8.79. The molecular weight excluding hydrogens is 352 g/mol. The smallest absolute Gasteiger partial charge is 0.161 e. The number of rotatable bonds is 8. The molecule has 5 nitrogen and oxygen atoms in total. The summed E-state index contributed by atoms with van der Waals surface area (Å²) >= 11 is 5.90. The Bertz CT molecular complexity index is 709. The van der Waals surface area contributed by atoms with Crippen molar-refractivity contribution in [2.45, 2.75) is 19.3 Å². The normalized spacial score (nSPS) is 19.5. The largest absolute Gasteiger partial charge is 0.493 e. The van der Waals surface area contributed by atoms with Crippen LogP contribution in [-0.4, -0.2) is 38.0 Å². The second-order valence-corrected chi connectivity index (χ2v) is 6.95. The summed E-state index contributed by atoms with van der Waals surface area (Å²) in [7, 11) is 1.64. The number of halogens is 1. The number of hydrogen-bond acceptors (Lipinski definition) is 5. The van der Waals surface area contributed by atoms with Gasteiger partial charge in [0.2, 0.25) is 0 Å². The summed E-state index contributed by atoms with van der Waals surface area (Å²) < 4.78 is 11.3. The van der Waals surface area contributed by atoms with Crippen LogP contribution in [0.5, 0.6) is 11.5 Å². The first-order valence-corrected chi connectivity index (χ1v) is 9.17. The lowest BCUT2D eigenvalue weighted by Gasteiger charge is -2.15. The summed E-state index contributed by atoms with van der Waals surface area (Å²) in [5.41, 5.74) is 2.16. The van der Waals surface area contributed by atoms with Crippen molar-refractivity contribution in [1.82, 2.24) is 10.6 Å². The van der Waals surface area contributed by atoms with Gasteiger partial charge in [0.1, 0.15) is 6.61 Å². The summed E-state index contributed by atoms with van der Waals surface area (Å²) in [6, 6.07) is 13.5. The minimum Gasteiger partial charge on any atom is -0.493 e. The molecular formula is C20H25ClN2O3. The average molecular weight is 377 g/mol. The maximum absolute atomic E-state index is 9.83. The summed E-state index contributed by atoms with van der Waals surface area (Å²) in [6.45, 7) is 3.49. The van der Waals surface area contributed by atoms with E-state index in [1.165, 1.54) is 0 Å². The molecule has 0 spiro atoms. The van der Waals surface area contributed by atoms with Crippen molar-refractivity contribution in [3.8, 4) is 11.5 Å². The van der Waals surface area contributed by atoms with Gasteiger partial charge in [-0.25, -0.2) is 0 Å². The summed E-state index contributed by atoms with van der Waals surface area (Å²) in [4.78, 5) is 0. The van der Waals surface area contributed by atoms with Crippen LogP contribution in [0.3, 0.4) is 0 Å². The molecule has 2 aromatic rings. The third kappa shape index (κ3) is 5.11. The minimum absolute atomic E-state index is 0.263. The van der Waals surface area contributed by atoms with Crippen molar-refractivity contribution >= 4 is 11.6 Å². The van der Waals surface area contributed by atoms with Gasteiger partial charge < -0.3 is 25.2 Å². The van der Waals surface area contributed by atoms with E-state index in [0.29, 0.717) is 29.7 Å². The van der Waals surface area contributed by atoms with Crippen LogP contribution in [0, 0.1) is 5.92 Å². The molecule has 1 heterocycles. The van der Waals surface area contributed by atoms with Gasteiger partial charge in [-0.1, -0.05) is 29.8 Å². The van der Waals surface area contributed by atoms with Gasteiger partial charge in [0, 0.05) is 37.1 Å². The van der Waals surface area contributed by atoms with Crippen LogP contribution in [0.2, 0.25) is 5.02 Å². The summed E-state index contributed by atoms with van der Waals surface area (Å²) in [5, 5.41) is 17.1. The number of ether oxygens (including phenoxy) is 2. The predicted molar refractivity (Wildman–Crippen MR) is 103 cm³/mol. The monoisotopic (exact) mass is 376 g/mol. The fourth-order valence-electron chi connectivity index (χ4n) is 3.01. The van der Waals surface area contributed by atoms with Crippen molar-refractivity contribution in [2.75, 3.05) is 26.7 Å². The zero-order chi connectivity index (χ0) is 18.4. The molecule has 0 bridgehead atoms. The van der Waals surface area contributed by atoms with Gasteiger partial charge in [-0.15, -0.1) is 0 Å². The molecule has 0 aliphatic carbocycles. The second-order valence-electron chi connectivity index (χ2n) is 6.52. The van der Waals surface area contributed by atoms with Crippen LogP contribution in [0.4, 0.5) is 0 Å². The van der Waals surface area contributed by atoms with Gasteiger partial charge >= 0.3 is 0 Å². The Balaban J connectivity index is 1.54. The third-order valence-electron chi connectivity index (χ3n) is 4.58. The average Bonchev–Trinajstić information content (AvgIpc) is 3.06. The van der Waals surface area contributed by atoms with E-state index >= 15 is 0 Å². The van der Waals surface area contributed by atoms with E-state index in [9.17, 15) is 5.11 Å². The number of benzene rings is 2. The maximum Gasteiger partial charge on any atom is 0.161 e. The van der Waals surface area contributed by atoms with Crippen LogP contribution in [0.1, 0.15) is 11.1 Å². The molecule has 1 fully saturated rings. The molecule has 2 unspecified atom stereocenters. The highest BCUT2D eigenvalue weighted by Gasteiger charge is 2.24. The van der Waals surface area contributed by atoms with Gasteiger partial charge in [-0.05, 0) is 35.4 Å². The van der Waals surface area contributed by atoms with E-state index in [0.717, 1.165) is 30.8 Å². The lowest BCUT2D eigenvalue weighted by molar-refractivity contribution is 0.146. The lowest BCUT2D eigenvalue weighted by atomic mass is 10.1. The van der Waals surface area contributed by atoms with Gasteiger partial charge in [0.25, 0.3) is 0 Å². The van der Waals surface area contributed by atoms with E-state index in [2.05, 4.69) is 10.6 Å². The van der Waals surface area contributed by atoms with Crippen molar-refractivity contribution in [3.05, 3.63) is 58.6 Å². The SMILES string of the molecule is COc1cc(CNCC2CNCC2O)ccc1OCc1ccc(Cl)cc1. The third-order valence-corrected chi connectivity index (χ3v) is 4.83. The van der Waals surface area contributed by atoms with E-state index in [4.69, 9.17) is 21.1 Å². The molecule has 3 N–H and O–H groups in total. The molecule has 0 aromatic heterocycles. The van der Waals surface area contributed by atoms with Crippen LogP contribution >= 0.6 is 11.6 Å². The molecule has 0 amide bonds. The topological polar surface area (TPSA) is 62.8 Å². The van der Waals surface area contributed by atoms with Crippen molar-refractivity contribution in [2.24, 2.45) is 5.92 Å². The first-order chi connectivity index (χ1) is 12.7. The highest BCUT2D eigenvalue weighted by Crippen LogP contribution is 2.29. The van der Waals surface area contributed by atoms with Crippen molar-refractivity contribution < 1.29 is 14.6 Å². The predicted octanol–water partition coefficient (Wildman–Crippen LogP) is 2.60. The van der Waals surface area contributed by atoms with E-state index in [1.807, 2.05) is 42.5 Å². The quantitative estimate of drug-likeness (QED) is 0.661. The Labute approximate surface area is 159 Å². The highest BCUT2D eigenvalue weighted by atomic mass is 35.5. The molecule has 3 rings (SSSR count). The fourth-order valence-corrected chi connectivity index (χ4v) is 3.14.